The van der Waals surface area contributed by atoms with Gasteiger partial charge >= 0.3 is 6.09 Å². The van der Waals surface area contributed by atoms with Crippen LogP contribution in [0.25, 0.3) is 11.1 Å². The first-order valence-corrected chi connectivity index (χ1v) is 14.1. The van der Waals surface area contributed by atoms with Crippen molar-refractivity contribution in [1.82, 2.24) is 15.6 Å². The van der Waals surface area contributed by atoms with Crippen molar-refractivity contribution in [1.29, 1.82) is 0 Å². The summed E-state index contributed by atoms with van der Waals surface area (Å²) in [5.74, 6) is -0.368. The van der Waals surface area contributed by atoms with Crippen molar-refractivity contribution in [2.75, 3.05) is 50.9 Å². The molecule has 0 spiro atoms. The normalized spacial score (nSPS) is 13.6. The molecule has 39 heavy (non-hydrogen) atoms. The zero-order valence-electron chi connectivity index (χ0n) is 21.9. The molecule has 0 atom stereocenters. The third-order valence-electron chi connectivity index (χ3n) is 6.33. The Kier molecular flexibility index (Phi) is 10.6. The third-order valence-corrected chi connectivity index (χ3v) is 7.45. The second-order valence-electron chi connectivity index (χ2n) is 9.13. The summed E-state index contributed by atoms with van der Waals surface area (Å²) in [5, 5.41) is 9.45. The minimum absolute atomic E-state index is 0.0780. The van der Waals surface area contributed by atoms with E-state index < -0.39 is 6.09 Å². The Morgan fingerprint density at radius 3 is 2.38 bits per heavy atom. The molecule has 2 aromatic carbocycles. The quantitative estimate of drug-likeness (QED) is 0.232. The van der Waals surface area contributed by atoms with E-state index in [9.17, 15) is 14.4 Å². The number of Topliss-reactive ketones (excluding diaryl/α,β-unsaturated/α-hetero) is 1. The minimum atomic E-state index is -0.445. The van der Waals surface area contributed by atoms with E-state index in [0.29, 0.717) is 29.4 Å². The second kappa shape index (κ2) is 14.5. The summed E-state index contributed by atoms with van der Waals surface area (Å²) in [6.45, 7) is 2.80. The Hall–Kier alpha value is -3.57. The van der Waals surface area contributed by atoms with Crippen LogP contribution in [0, 0.1) is 0 Å². The lowest BCUT2D eigenvalue weighted by Gasteiger charge is -2.37. The molecule has 206 valence electrons. The maximum atomic E-state index is 13.4. The molecule has 3 aromatic rings. The van der Waals surface area contributed by atoms with E-state index in [1.807, 2.05) is 54.6 Å². The van der Waals surface area contributed by atoms with E-state index in [1.165, 1.54) is 0 Å². The number of para-hydroxylation sites is 1. The first-order chi connectivity index (χ1) is 19.1. The van der Waals surface area contributed by atoms with Crippen LogP contribution in [0.2, 0.25) is 0 Å². The van der Waals surface area contributed by atoms with Crippen LogP contribution in [0.4, 0.5) is 10.5 Å². The number of rotatable bonds is 12. The highest BCUT2D eigenvalue weighted by molar-refractivity contribution is 7.16. The van der Waals surface area contributed by atoms with Crippen LogP contribution in [-0.4, -0.2) is 68.7 Å². The zero-order valence-corrected chi connectivity index (χ0v) is 22.8. The van der Waals surface area contributed by atoms with Gasteiger partial charge in [0.1, 0.15) is 6.61 Å². The van der Waals surface area contributed by atoms with Crippen molar-refractivity contribution in [2.24, 2.45) is 5.73 Å². The molecular weight excluding hydrogens is 514 g/mol. The summed E-state index contributed by atoms with van der Waals surface area (Å²) in [6.07, 6.45) is 2.72. The maximum absolute atomic E-state index is 13.4. The van der Waals surface area contributed by atoms with E-state index >= 15 is 0 Å². The van der Waals surface area contributed by atoms with Crippen LogP contribution >= 0.6 is 11.3 Å². The number of nitrogens with two attached hydrogens (primary N) is 1. The molecule has 1 fully saturated rings. The topological polar surface area (TPSA) is 117 Å². The summed E-state index contributed by atoms with van der Waals surface area (Å²) in [5.41, 5.74) is 8.17. The standard InChI is InChI=1S/C29H35N5O4S/c30-15-16-32-28(36)27-14-13-26(39-27)25(35)21-31-17-20-38-29(37)34(33-18-7-2-8-19-33)24-12-6-5-11-23(24)22-9-3-1-4-10-22/h1,3-6,9-14,31H,2,7-8,15-21,30H2,(H,32,36). The number of piperidine rings is 1. The van der Waals surface area contributed by atoms with Gasteiger partial charge in [0.05, 0.1) is 22.0 Å². The van der Waals surface area contributed by atoms with Crippen molar-refractivity contribution in [3.8, 4) is 11.1 Å². The number of carbonyl (C=O) groups is 3. The SMILES string of the molecule is NCCNC(=O)c1ccc(C(=O)CNCCOC(=O)N(c2ccccc2-c2ccccc2)N2CCCCC2)s1. The molecule has 0 saturated carbocycles. The van der Waals surface area contributed by atoms with Gasteiger partial charge in [0, 0.05) is 38.3 Å². The van der Waals surface area contributed by atoms with E-state index in [2.05, 4.69) is 15.6 Å². The van der Waals surface area contributed by atoms with E-state index in [0.717, 1.165) is 60.5 Å². The number of thiophene rings is 1. The molecule has 0 radical (unpaired) electrons. The summed E-state index contributed by atoms with van der Waals surface area (Å²) in [4.78, 5) is 38.9. The Morgan fingerprint density at radius 1 is 0.897 bits per heavy atom. The Bertz CT molecular complexity index is 1240. The van der Waals surface area contributed by atoms with Crippen LogP contribution in [0.5, 0.6) is 0 Å². The molecule has 10 heteroatoms. The molecule has 4 N–H and O–H groups in total. The monoisotopic (exact) mass is 549 g/mol. The summed E-state index contributed by atoms with van der Waals surface area (Å²) in [7, 11) is 0. The molecule has 1 aliphatic heterocycles. The van der Waals surface area contributed by atoms with E-state index in [4.69, 9.17) is 10.5 Å². The Labute approximate surface area is 232 Å². The van der Waals surface area contributed by atoms with Gasteiger partial charge in [0.25, 0.3) is 5.91 Å². The molecule has 1 saturated heterocycles. The first-order valence-electron chi connectivity index (χ1n) is 13.3. The van der Waals surface area contributed by atoms with Gasteiger partial charge in [-0.2, -0.15) is 0 Å². The number of ketones is 1. The summed E-state index contributed by atoms with van der Waals surface area (Å²) >= 11 is 1.15. The maximum Gasteiger partial charge on any atom is 0.429 e. The number of nitrogens with one attached hydrogen (secondary N) is 2. The van der Waals surface area contributed by atoms with Gasteiger partial charge < -0.3 is 21.1 Å². The fraction of sp³-hybridized carbons (Fsp3) is 0.345. The Balaban J connectivity index is 1.34. The number of hydrogen-bond donors (Lipinski definition) is 3. The average Bonchev–Trinajstić information content (AvgIpc) is 3.48. The predicted molar refractivity (Wildman–Crippen MR) is 154 cm³/mol. The van der Waals surface area contributed by atoms with Gasteiger partial charge in [0.2, 0.25) is 0 Å². The van der Waals surface area contributed by atoms with Crippen LogP contribution < -0.4 is 21.4 Å². The summed E-state index contributed by atoms with van der Waals surface area (Å²) < 4.78 is 5.67. The Morgan fingerprint density at radius 2 is 1.62 bits per heavy atom. The molecule has 0 unspecified atom stereocenters. The lowest BCUT2D eigenvalue weighted by molar-refractivity contribution is 0.0957. The van der Waals surface area contributed by atoms with Gasteiger partial charge in [-0.05, 0) is 36.6 Å². The lowest BCUT2D eigenvalue weighted by atomic mass is 10.0. The van der Waals surface area contributed by atoms with Gasteiger partial charge in [-0.1, -0.05) is 55.0 Å². The van der Waals surface area contributed by atoms with Crippen molar-refractivity contribution < 1.29 is 19.1 Å². The van der Waals surface area contributed by atoms with Crippen molar-refractivity contribution in [3.05, 3.63) is 76.5 Å². The van der Waals surface area contributed by atoms with Crippen LogP contribution in [0.1, 0.15) is 38.6 Å². The molecular formula is C29H35N5O4S. The number of hydrazine groups is 1. The summed E-state index contributed by atoms with van der Waals surface area (Å²) in [6, 6.07) is 21.1. The molecule has 1 aromatic heterocycles. The fourth-order valence-corrected chi connectivity index (χ4v) is 5.27. The largest absolute Gasteiger partial charge is 0.447 e. The minimum Gasteiger partial charge on any atom is -0.447 e. The lowest BCUT2D eigenvalue weighted by Crippen LogP contribution is -2.50. The molecule has 9 nitrogen and oxygen atoms in total. The number of benzene rings is 2. The molecule has 4 rings (SSSR count). The molecule has 1 aliphatic rings. The number of amides is 2. The first kappa shape index (κ1) is 28.4. The highest BCUT2D eigenvalue weighted by Crippen LogP contribution is 2.33. The van der Waals surface area contributed by atoms with Gasteiger partial charge in [-0.15, -0.1) is 11.3 Å². The molecule has 2 amide bonds. The number of anilines is 1. The predicted octanol–water partition coefficient (Wildman–Crippen LogP) is 3.92. The van der Waals surface area contributed by atoms with Crippen molar-refractivity contribution >= 4 is 34.8 Å². The number of hydrogen-bond acceptors (Lipinski definition) is 8. The van der Waals surface area contributed by atoms with Crippen LogP contribution in [0.15, 0.2) is 66.7 Å². The smallest absolute Gasteiger partial charge is 0.429 e. The van der Waals surface area contributed by atoms with E-state index in [-0.39, 0.29) is 24.8 Å². The fourth-order valence-electron chi connectivity index (χ4n) is 4.41. The number of carbonyl (C=O) groups excluding carboxylic acids is 3. The highest BCUT2D eigenvalue weighted by atomic mass is 32.1. The molecule has 0 aliphatic carbocycles. The number of ether oxygens (including phenoxy) is 1. The molecule has 2 heterocycles. The third kappa shape index (κ3) is 7.73. The highest BCUT2D eigenvalue weighted by Gasteiger charge is 2.28. The van der Waals surface area contributed by atoms with E-state index in [1.54, 1.807) is 17.1 Å². The van der Waals surface area contributed by atoms with Gasteiger partial charge in [-0.3, -0.25) is 9.59 Å². The van der Waals surface area contributed by atoms with Crippen molar-refractivity contribution in [2.45, 2.75) is 19.3 Å². The zero-order chi connectivity index (χ0) is 27.5. The van der Waals surface area contributed by atoms with Crippen molar-refractivity contribution in [3.63, 3.8) is 0 Å². The second-order valence-corrected chi connectivity index (χ2v) is 10.2. The molecule has 0 bridgehead atoms. The van der Waals surface area contributed by atoms with Gasteiger partial charge in [0.15, 0.2) is 5.78 Å². The number of nitrogens with zero attached hydrogens (tertiary/aromatic N) is 2. The van der Waals surface area contributed by atoms with Crippen LogP contribution in [0.3, 0.4) is 0 Å². The van der Waals surface area contributed by atoms with Gasteiger partial charge in [-0.25, -0.2) is 14.8 Å². The van der Waals surface area contributed by atoms with Crippen LogP contribution in [-0.2, 0) is 4.74 Å². The average molecular weight is 550 g/mol.